The molecule has 1 heterocycles. The second-order valence-electron chi connectivity index (χ2n) is 4.14. The first-order valence-corrected chi connectivity index (χ1v) is 8.02. The minimum absolute atomic E-state index is 0.619. The Bertz CT molecular complexity index is 415. The van der Waals surface area contributed by atoms with Crippen molar-refractivity contribution in [2.24, 2.45) is 0 Å². The maximum absolute atomic E-state index is 11.4. The minimum Gasteiger partial charge on any atom is -0.369 e. The highest BCUT2D eigenvalue weighted by molar-refractivity contribution is 9.10. The molecule has 1 aliphatic rings. The van der Waals surface area contributed by atoms with Crippen molar-refractivity contribution in [2.45, 2.75) is 6.54 Å². The first-order valence-electron chi connectivity index (χ1n) is 5.73. The van der Waals surface area contributed by atoms with Gasteiger partial charge in [-0.05, 0) is 24.7 Å². The van der Waals surface area contributed by atoms with E-state index in [1.807, 2.05) is 7.05 Å². The SMILES string of the molecule is CNCc1ccc(Br)cc1N1CCS(=O)CC1. The van der Waals surface area contributed by atoms with E-state index in [0.717, 1.165) is 35.6 Å². The largest absolute Gasteiger partial charge is 0.369 e. The van der Waals surface area contributed by atoms with Gasteiger partial charge in [0.05, 0.1) is 0 Å². The number of hydrogen-bond acceptors (Lipinski definition) is 3. The number of hydrogen-bond donors (Lipinski definition) is 1. The van der Waals surface area contributed by atoms with Crippen LogP contribution in [0.3, 0.4) is 0 Å². The monoisotopic (exact) mass is 316 g/mol. The van der Waals surface area contributed by atoms with E-state index in [9.17, 15) is 4.21 Å². The summed E-state index contributed by atoms with van der Waals surface area (Å²) in [4.78, 5) is 2.33. The number of anilines is 1. The minimum atomic E-state index is -0.619. The number of halogens is 1. The van der Waals surface area contributed by atoms with E-state index in [4.69, 9.17) is 0 Å². The highest BCUT2D eigenvalue weighted by Crippen LogP contribution is 2.26. The van der Waals surface area contributed by atoms with Crippen LogP contribution in [0.4, 0.5) is 5.69 Å². The Hall–Kier alpha value is -0.390. The van der Waals surface area contributed by atoms with E-state index in [2.05, 4.69) is 44.3 Å². The Morgan fingerprint density at radius 2 is 2.12 bits per heavy atom. The van der Waals surface area contributed by atoms with E-state index in [1.165, 1.54) is 11.3 Å². The van der Waals surface area contributed by atoms with Gasteiger partial charge in [-0.2, -0.15) is 0 Å². The molecule has 2 rings (SSSR count). The number of rotatable bonds is 3. The Balaban J connectivity index is 2.23. The van der Waals surface area contributed by atoms with Gasteiger partial charge >= 0.3 is 0 Å². The third-order valence-electron chi connectivity index (χ3n) is 2.93. The highest BCUT2D eigenvalue weighted by Gasteiger charge is 2.17. The summed E-state index contributed by atoms with van der Waals surface area (Å²) in [5.74, 6) is 1.57. The molecule has 0 bridgehead atoms. The van der Waals surface area contributed by atoms with Crippen LogP contribution in [0.2, 0.25) is 0 Å². The summed E-state index contributed by atoms with van der Waals surface area (Å²) < 4.78 is 12.5. The average molecular weight is 317 g/mol. The van der Waals surface area contributed by atoms with Crippen LogP contribution >= 0.6 is 15.9 Å². The van der Waals surface area contributed by atoms with E-state index < -0.39 is 10.8 Å². The Kier molecular flexibility index (Phi) is 4.59. The van der Waals surface area contributed by atoms with Gasteiger partial charge in [0.15, 0.2) is 0 Å². The van der Waals surface area contributed by atoms with E-state index in [1.54, 1.807) is 0 Å². The lowest BCUT2D eigenvalue weighted by molar-refractivity contribution is 0.672. The summed E-state index contributed by atoms with van der Waals surface area (Å²) in [6.07, 6.45) is 0. The molecule has 0 spiro atoms. The van der Waals surface area contributed by atoms with Gasteiger partial charge in [-0.15, -0.1) is 0 Å². The number of nitrogens with one attached hydrogen (secondary N) is 1. The quantitative estimate of drug-likeness (QED) is 0.922. The van der Waals surface area contributed by atoms with Gasteiger partial charge in [0.2, 0.25) is 0 Å². The van der Waals surface area contributed by atoms with Crippen LogP contribution in [0.5, 0.6) is 0 Å². The van der Waals surface area contributed by atoms with Crippen molar-refractivity contribution in [3.8, 4) is 0 Å². The van der Waals surface area contributed by atoms with Crippen molar-refractivity contribution in [2.75, 3.05) is 36.5 Å². The molecule has 1 N–H and O–H groups in total. The van der Waals surface area contributed by atoms with Crippen LogP contribution in [-0.2, 0) is 17.3 Å². The molecule has 0 saturated carbocycles. The molecule has 1 fully saturated rings. The average Bonchev–Trinajstić information content (AvgIpc) is 2.33. The lowest BCUT2D eigenvalue weighted by atomic mass is 10.1. The van der Waals surface area contributed by atoms with Crippen LogP contribution < -0.4 is 10.2 Å². The van der Waals surface area contributed by atoms with Crippen molar-refractivity contribution in [3.63, 3.8) is 0 Å². The first kappa shape index (κ1) is 13.1. The van der Waals surface area contributed by atoms with Crippen molar-refractivity contribution < 1.29 is 4.21 Å². The van der Waals surface area contributed by atoms with E-state index >= 15 is 0 Å². The van der Waals surface area contributed by atoms with Gasteiger partial charge in [0.1, 0.15) is 0 Å². The first-order chi connectivity index (χ1) is 8.20. The number of nitrogens with zero attached hydrogens (tertiary/aromatic N) is 1. The molecule has 0 radical (unpaired) electrons. The molecule has 1 saturated heterocycles. The van der Waals surface area contributed by atoms with Crippen LogP contribution in [0, 0.1) is 0 Å². The normalized spacial score (nSPS) is 17.4. The summed E-state index contributed by atoms with van der Waals surface area (Å²) in [7, 11) is 1.34. The predicted octanol–water partition coefficient (Wildman–Crippen LogP) is 1.74. The standard InChI is InChI=1S/C12H17BrN2OS/c1-14-9-10-2-3-11(13)8-12(10)15-4-6-17(16)7-5-15/h2-3,8,14H,4-7,9H2,1H3. The van der Waals surface area contributed by atoms with Gasteiger partial charge in [-0.25, -0.2) is 0 Å². The second kappa shape index (κ2) is 5.98. The molecule has 0 atom stereocenters. The molecule has 3 nitrogen and oxygen atoms in total. The molecule has 1 aliphatic heterocycles. The maximum Gasteiger partial charge on any atom is 0.0423 e. The molecule has 94 valence electrons. The fraction of sp³-hybridized carbons (Fsp3) is 0.500. The van der Waals surface area contributed by atoms with Crippen LogP contribution in [0.1, 0.15) is 5.56 Å². The topological polar surface area (TPSA) is 32.3 Å². The third kappa shape index (κ3) is 3.30. The Labute approximate surface area is 113 Å². The molecule has 0 unspecified atom stereocenters. The molecule has 5 heteroatoms. The molecule has 0 amide bonds. The second-order valence-corrected chi connectivity index (χ2v) is 6.75. The molecular weight excluding hydrogens is 300 g/mol. The summed E-state index contributed by atoms with van der Waals surface area (Å²) in [5, 5.41) is 3.19. The Morgan fingerprint density at radius 3 is 2.76 bits per heavy atom. The predicted molar refractivity (Wildman–Crippen MR) is 77.0 cm³/mol. The Morgan fingerprint density at radius 1 is 1.41 bits per heavy atom. The fourth-order valence-electron chi connectivity index (χ4n) is 2.05. The van der Waals surface area contributed by atoms with Crippen molar-refractivity contribution in [1.82, 2.24) is 5.32 Å². The highest BCUT2D eigenvalue weighted by atomic mass is 79.9. The maximum atomic E-state index is 11.4. The van der Waals surface area contributed by atoms with Crippen molar-refractivity contribution in [3.05, 3.63) is 28.2 Å². The lowest BCUT2D eigenvalue weighted by Crippen LogP contribution is -2.38. The summed E-state index contributed by atoms with van der Waals surface area (Å²) in [6, 6.07) is 6.36. The molecule has 17 heavy (non-hydrogen) atoms. The van der Waals surface area contributed by atoms with Crippen LogP contribution in [0.15, 0.2) is 22.7 Å². The molecular formula is C12H17BrN2OS. The molecule has 0 aromatic heterocycles. The van der Waals surface area contributed by atoms with Crippen molar-refractivity contribution in [1.29, 1.82) is 0 Å². The number of benzene rings is 1. The van der Waals surface area contributed by atoms with Gasteiger partial charge in [-0.1, -0.05) is 22.0 Å². The molecule has 1 aromatic carbocycles. The summed E-state index contributed by atoms with van der Waals surface area (Å²) >= 11 is 3.52. The summed E-state index contributed by atoms with van der Waals surface area (Å²) in [6.45, 7) is 2.64. The molecule has 0 aliphatic carbocycles. The fourth-order valence-corrected chi connectivity index (χ4v) is 3.45. The van der Waals surface area contributed by atoms with E-state index in [-0.39, 0.29) is 0 Å². The van der Waals surface area contributed by atoms with Crippen LogP contribution in [0.25, 0.3) is 0 Å². The van der Waals surface area contributed by atoms with Gasteiger partial charge in [-0.3, -0.25) is 4.21 Å². The van der Waals surface area contributed by atoms with Gasteiger partial charge in [0, 0.05) is 52.1 Å². The zero-order valence-corrected chi connectivity index (χ0v) is 12.3. The zero-order valence-electron chi connectivity index (χ0n) is 9.91. The van der Waals surface area contributed by atoms with Gasteiger partial charge in [0.25, 0.3) is 0 Å². The lowest BCUT2D eigenvalue weighted by Gasteiger charge is -2.30. The smallest absolute Gasteiger partial charge is 0.0423 e. The van der Waals surface area contributed by atoms with Crippen LogP contribution in [-0.4, -0.2) is 35.9 Å². The van der Waals surface area contributed by atoms with E-state index in [0.29, 0.717) is 0 Å². The molecule has 1 aromatic rings. The third-order valence-corrected chi connectivity index (χ3v) is 4.70. The van der Waals surface area contributed by atoms with Crippen molar-refractivity contribution >= 4 is 32.4 Å². The summed E-state index contributed by atoms with van der Waals surface area (Å²) in [5.41, 5.74) is 2.55. The zero-order chi connectivity index (χ0) is 12.3. The van der Waals surface area contributed by atoms with Gasteiger partial charge < -0.3 is 10.2 Å².